The number of carbonyl (C=O) groups is 1. The van der Waals surface area contributed by atoms with Gasteiger partial charge in [0.05, 0.1) is 22.7 Å². The number of fused-ring (bicyclic) bond motifs is 1. The molecular weight excluding hydrogens is 286 g/mol. The minimum atomic E-state index is -0.281. The Balaban J connectivity index is 2.16. The zero-order chi connectivity index (χ0) is 14.8. The largest absolute Gasteiger partial charge is 0.465 e. The fourth-order valence-electron chi connectivity index (χ4n) is 2.26. The number of carbonyl (C=O) groups excluding carboxylic acids is 1. The van der Waals surface area contributed by atoms with Crippen LogP contribution in [0.3, 0.4) is 0 Å². The lowest BCUT2D eigenvalue weighted by Crippen LogP contribution is -2.14. The number of esters is 1. The van der Waals surface area contributed by atoms with Gasteiger partial charge >= 0.3 is 5.97 Å². The lowest BCUT2D eigenvalue weighted by atomic mass is 10.3. The van der Waals surface area contributed by atoms with E-state index in [-0.39, 0.29) is 12.5 Å². The summed E-state index contributed by atoms with van der Waals surface area (Å²) in [6, 6.07) is 9.51. The first-order valence-electron chi connectivity index (χ1n) is 6.65. The standard InChI is InChI=1S/C15H15N3O2S/c1-2-20-13(19)9-18-11-6-3-5-10(16)14(11)17-15(18)12-7-4-8-21-12/h3-8H,2,9,16H2,1H3. The summed E-state index contributed by atoms with van der Waals surface area (Å²) >= 11 is 1.58. The molecule has 5 nitrogen and oxygen atoms in total. The van der Waals surface area contributed by atoms with Crippen molar-refractivity contribution in [2.24, 2.45) is 0 Å². The number of ether oxygens (including phenoxy) is 1. The van der Waals surface area contributed by atoms with E-state index in [9.17, 15) is 4.79 Å². The third kappa shape index (κ3) is 2.50. The fourth-order valence-corrected chi connectivity index (χ4v) is 2.98. The molecule has 0 amide bonds. The summed E-state index contributed by atoms with van der Waals surface area (Å²) in [6.07, 6.45) is 0. The smallest absolute Gasteiger partial charge is 0.326 e. The third-order valence-electron chi connectivity index (χ3n) is 3.14. The molecule has 2 aromatic heterocycles. The monoisotopic (exact) mass is 301 g/mol. The normalized spacial score (nSPS) is 10.9. The highest BCUT2D eigenvalue weighted by Gasteiger charge is 2.17. The summed E-state index contributed by atoms with van der Waals surface area (Å²) in [7, 11) is 0. The Hall–Kier alpha value is -2.34. The van der Waals surface area contributed by atoms with E-state index in [1.165, 1.54) is 0 Å². The van der Waals surface area contributed by atoms with E-state index in [4.69, 9.17) is 10.5 Å². The Bertz CT molecular complexity index is 778. The third-order valence-corrected chi connectivity index (χ3v) is 4.01. The Morgan fingerprint density at radius 2 is 2.24 bits per heavy atom. The van der Waals surface area contributed by atoms with Crippen LogP contribution in [0.4, 0.5) is 5.69 Å². The van der Waals surface area contributed by atoms with Gasteiger partial charge in [0.15, 0.2) is 5.82 Å². The van der Waals surface area contributed by atoms with E-state index in [2.05, 4.69) is 4.98 Å². The van der Waals surface area contributed by atoms with E-state index in [0.717, 1.165) is 16.2 Å². The topological polar surface area (TPSA) is 70.1 Å². The number of thiophene rings is 1. The molecule has 108 valence electrons. The van der Waals surface area contributed by atoms with Crippen LogP contribution in [-0.4, -0.2) is 22.1 Å². The van der Waals surface area contributed by atoms with Crippen LogP contribution in [0.5, 0.6) is 0 Å². The summed E-state index contributed by atoms with van der Waals surface area (Å²) in [5.41, 5.74) is 8.15. The van der Waals surface area contributed by atoms with E-state index in [1.807, 2.05) is 40.3 Å². The number of nitrogens with zero attached hydrogens (tertiary/aromatic N) is 2. The van der Waals surface area contributed by atoms with Crippen molar-refractivity contribution in [3.05, 3.63) is 35.7 Å². The van der Waals surface area contributed by atoms with E-state index < -0.39 is 0 Å². The lowest BCUT2D eigenvalue weighted by molar-refractivity contribution is -0.143. The fraction of sp³-hybridized carbons (Fsp3) is 0.200. The Labute approximate surface area is 126 Å². The van der Waals surface area contributed by atoms with Crippen LogP contribution in [0.2, 0.25) is 0 Å². The Kier molecular flexibility index (Phi) is 3.62. The Morgan fingerprint density at radius 3 is 2.95 bits per heavy atom. The summed E-state index contributed by atoms with van der Waals surface area (Å²) in [5.74, 6) is 0.461. The molecule has 1 aromatic carbocycles. The van der Waals surface area contributed by atoms with E-state index in [1.54, 1.807) is 18.3 Å². The average Bonchev–Trinajstić information content (AvgIpc) is 3.08. The molecule has 0 bridgehead atoms. The van der Waals surface area contributed by atoms with Gasteiger partial charge in [-0.3, -0.25) is 4.79 Å². The maximum atomic E-state index is 11.9. The predicted octanol–water partition coefficient (Wildman–Crippen LogP) is 2.91. The number of para-hydroxylation sites is 1. The SMILES string of the molecule is CCOC(=O)Cn1c(-c2cccs2)nc2c(N)cccc21. The molecule has 0 aliphatic carbocycles. The first kappa shape index (κ1) is 13.6. The molecule has 0 saturated heterocycles. The molecule has 21 heavy (non-hydrogen) atoms. The molecule has 0 radical (unpaired) electrons. The second kappa shape index (κ2) is 5.57. The van der Waals surface area contributed by atoms with Crippen molar-refractivity contribution in [2.45, 2.75) is 13.5 Å². The van der Waals surface area contributed by atoms with Crippen molar-refractivity contribution in [1.82, 2.24) is 9.55 Å². The first-order chi connectivity index (χ1) is 10.2. The highest BCUT2D eigenvalue weighted by Crippen LogP contribution is 2.30. The zero-order valence-corrected chi connectivity index (χ0v) is 12.4. The van der Waals surface area contributed by atoms with Crippen LogP contribution in [0.25, 0.3) is 21.7 Å². The second-order valence-electron chi connectivity index (χ2n) is 4.52. The average molecular weight is 301 g/mol. The number of aromatic nitrogens is 2. The van der Waals surface area contributed by atoms with Crippen LogP contribution in [-0.2, 0) is 16.1 Å². The quantitative estimate of drug-likeness (QED) is 0.594. The Morgan fingerprint density at radius 1 is 1.38 bits per heavy atom. The number of nitrogen functional groups attached to an aromatic ring is 1. The highest BCUT2D eigenvalue weighted by atomic mass is 32.1. The van der Waals surface area contributed by atoms with Crippen molar-refractivity contribution in [3.8, 4) is 10.7 Å². The van der Waals surface area contributed by atoms with Gasteiger partial charge in [0.2, 0.25) is 0 Å². The predicted molar refractivity (Wildman–Crippen MR) is 84.1 cm³/mol. The summed E-state index contributed by atoms with van der Waals surface area (Å²) in [5, 5.41) is 1.98. The number of nitrogens with two attached hydrogens (primary N) is 1. The number of rotatable bonds is 4. The second-order valence-corrected chi connectivity index (χ2v) is 5.47. The molecule has 6 heteroatoms. The van der Waals surface area contributed by atoms with Crippen molar-refractivity contribution < 1.29 is 9.53 Å². The molecule has 2 N–H and O–H groups in total. The maximum absolute atomic E-state index is 11.9. The van der Waals surface area contributed by atoms with Crippen LogP contribution >= 0.6 is 11.3 Å². The number of hydrogen-bond acceptors (Lipinski definition) is 5. The highest BCUT2D eigenvalue weighted by molar-refractivity contribution is 7.13. The molecule has 0 spiro atoms. The first-order valence-corrected chi connectivity index (χ1v) is 7.53. The minimum absolute atomic E-state index is 0.126. The molecule has 0 atom stereocenters. The van der Waals surface area contributed by atoms with Gasteiger partial charge in [0.1, 0.15) is 12.1 Å². The van der Waals surface area contributed by atoms with Gasteiger partial charge in [0.25, 0.3) is 0 Å². The van der Waals surface area contributed by atoms with Gasteiger partial charge in [-0.25, -0.2) is 4.98 Å². The van der Waals surface area contributed by atoms with Crippen molar-refractivity contribution in [1.29, 1.82) is 0 Å². The van der Waals surface area contributed by atoms with Crippen molar-refractivity contribution in [3.63, 3.8) is 0 Å². The molecule has 2 heterocycles. The number of hydrogen-bond donors (Lipinski definition) is 1. The molecule has 0 fully saturated rings. The summed E-state index contributed by atoms with van der Waals surface area (Å²) < 4.78 is 6.91. The van der Waals surface area contributed by atoms with Crippen molar-refractivity contribution in [2.75, 3.05) is 12.3 Å². The molecule has 3 rings (SSSR count). The van der Waals surface area contributed by atoms with E-state index >= 15 is 0 Å². The van der Waals surface area contributed by atoms with Crippen LogP contribution in [0.1, 0.15) is 6.92 Å². The minimum Gasteiger partial charge on any atom is -0.465 e. The lowest BCUT2D eigenvalue weighted by Gasteiger charge is -2.07. The van der Waals surface area contributed by atoms with Gasteiger partial charge in [-0.05, 0) is 30.5 Å². The van der Waals surface area contributed by atoms with Crippen LogP contribution in [0, 0.1) is 0 Å². The van der Waals surface area contributed by atoms with Crippen molar-refractivity contribution >= 4 is 34.0 Å². The molecule has 0 aliphatic rings. The van der Waals surface area contributed by atoms with Crippen LogP contribution in [0.15, 0.2) is 35.7 Å². The summed E-state index contributed by atoms with van der Waals surface area (Å²) in [4.78, 5) is 17.5. The molecular formula is C15H15N3O2S. The number of anilines is 1. The zero-order valence-electron chi connectivity index (χ0n) is 11.6. The van der Waals surface area contributed by atoms with E-state index in [0.29, 0.717) is 17.8 Å². The van der Waals surface area contributed by atoms with Gasteiger partial charge in [-0.2, -0.15) is 0 Å². The number of imidazole rings is 1. The van der Waals surface area contributed by atoms with Gasteiger partial charge in [-0.1, -0.05) is 12.1 Å². The van der Waals surface area contributed by atoms with Crippen LogP contribution < -0.4 is 5.73 Å². The molecule has 0 aliphatic heterocycles. The van der Waals surface area contributed by atoms with Gasteiger partial charge < -0.3 is 15.0 Å². The van der Waals surface area contributed by atoms with Gasteiger partial charge in [0, 0.05) is 0 Å². The molecule has 3 aromatic rings. The summed E-state index contributed by atoms with van der Waals surface area (Å²) in [6.45, 7) is 2.28. The van der Waals surface area contributed by atoms with Gasteiger partial charge in [-0.15, -0.1) is 11.3 Å². The molecule has 0 unspecified atom stereocenters. The number of benzene rings is 1. The molecule has 0 saturated carbocycles. The maximum Gasteiger partial charge on any atom is 0.326 e.